The summed E-state index contributed by atoms with van der Waals surface area (Å²) < 4.78 is 0. The van der Waals surface area contributed by atoms with Gasteiger partial charge in [-0.15, -0.1) is 0 Å². The highest BCUT2D eigenvalue weighted by atomic mass is 16.4. The van der Waals surface area contributed by atoms with Crippen LogP contribution in [0.3, 0.4) is 0 Å². The Morgan fingerprint density at radius 2 is 1.90 bits per heavy atom. The number of carbonyl (C=O) groups excluding carboxylic acids is 1. The molecule has 20 heavy (non-hydrogen) atoms. The van der Waals surface area contributed by atoms with Crippen LogP contribution in [-0.2, 0) is 9.59 Å². The molecule has 0 saturated carbocycles. The summed E-state index contributed by atoms with van der Waals surface area (Å²) in [7, 11) is 0. The van der Waals surface area contributed by atoms with Crippen molar-refractivity contribution in [3.8, 4) is 0 Å². The van der Waals surface area contributed by atoms with Crippen molar-refractivity contribution < 1.29 is 14.7 Å². The average molecular weight is 284 g/mol. The number of carboxylic acid groups (broad SMARTS) is 1. The molecule has 0 aromatic heterocycles. The van der Waals surface area contributed by atoms with Crippen LogP contribution in [0.15, 0.2) is 0 Å². The number of hydrogen-bond acceptors (Lipinski definition) is 3. The number of hydrogen-bond donors (Lipinski definition) is 2. The number of carboxylic acids is 1. The number of nitrogens with two attached hydrogens (primary N) is 1. The fraction of sp³-hybridized carbons (Fsp3) is 0.867. The number of amides is 1. The van der Waals surface area contributed by atoms with E-state index < -0.39 is 22.8 Å². The van der Waals surface area contributed by atoms with Gasteiger partial charge in [0.2, 0.25) is 5.91 Å². The molecule has 1 fully saturated rings. The van der Waals surface area contributed by atoms with E-state index in [1.54, 1.807) is 4.90 Å². The molecule has 1 heterocycles. The van der Waals surface area contributed by atoms with Crippen LogP contribution in [0.1, 0.15) is 53.4 Å². The van der Waals surface area contributed by atoms with E-state index in [4.69, 9.17) is 5.73 Å². The summed E-state index contributed by atoms with van der Waals surface area (Å²) in [6.45, 7) is 8.52. The van der Waals surface area contributed by atoms with Crippen LogP contribution in [0, 0.1) is 10.8 Å². The van der Waals surface area contributed by atoms with Gasteiger partial charge in [-0.2, -0.15) is 0 Å². The Labute approximate surface area is 121 Å². The summed E-state index contributed by atoms with van der Waals surface area (Å²) in [6, 6.07) is -0.757. The van der Waals surface area contributed by atoms with Crippen LogP contribution in [0.4, 0.5) is 0 Å². The van der Waals surface area contributed by atoms with E-state index in [0.717, 1.165) is 12.8 Å². The molecule has 3 N–H and O–H groups in total. The van der Waals surface area contributed by atoms with Gasteiger partial charge in [0.15, 0.2) is 0 Å². The molecular formula is C15H28N2O3. The fourth-order valence-corrected chi connectivity index (χ4v) is 3.31. The molecule has 1 unspecified atom stereocenters. The molecule has 1 saturated heterocycles. The molecular weight excluding hydrogens is 256 g/mol. The second-order valence-corrected chi connectivity index (χ2v) is 6.52. The van der Waals surface area contributed by atoms with Crippen molar-refractivity contribution in [3.05, 3.63) is 0 Å². The monoisotopic (exact) mass is 284 g/mol. The first-order valence-electron chi connectivity index (χ1n) is 7.49. The third-order valence-corrected chi connectivity index (χ3v) is 4.96. The Balaban J connectivity index is 3.14. The maximum atomic E-state index is 12.9. The molecule has 0 spiro atoms. The number of nitrogens with zero attached hydrogens (tertiary/aromatic N) is 1. The molecule has 5 nitrogen and oxygen atoms in total. The van der Waals surface area contributed by atoms with Gasteiger partial charge in [-0.3, -0.25) is 4.79 Å². The number of aliphatic carboxylic acids is 1. The second-order valence-electron chi connectivity index (χ2n) is 6.52. The van der Waals surface area contributed by atoms with Crippen LogP contribution in [0.25, 0.3) is 0 Å². The van der Waals surface area contributed by atoms with Crippen molar-refractivity contribution in [2.45, 2.75) is 59.4 Å². The van der Waals surface area contributed by atoms with Gasteiger partial charge in [0.1, 0.15) is 6.04 Å². The lowest BCUT2D eigenvalue weighted by atomic mass is 9.73. The molecule has 1 rings (SSSR count). The fourth-order valence-electron chi connectivity index (χ4n) is 3.31. The van der Waals surface area contributed by atoms with Crippen molar-refractivity contribution in [2.24, 2.45) is 16.6 Å². The summed E-state index contributed by atoms with van der Waals surface area (Å²) in [5.74, 6) is -1.01. The van der Waals surface area contributed by atoms with Gasteiger partial charge in [0.25, 0.3) is 0 Å². The molecule has 1 atom stereocenters. The van der Waals surface area contributed by atoms with Gasteiger partial charge < -0.3 is 15.7 Å². The third-order valence-electron chi connectivity index (χ3n) is 4.96. The molecule has 5 heteroatoms. The number of likely N-dealkylation sites (tertiary alicyclic amines) is 1. The molecule has 116 valence electrons. The van der Waals surface area contributed by atoms with E-state index in [0.29, 0.717) is 19.4 Å². The SMILES string of the molecule is CCC(CC)(CN)C(=O)N1CCCC(C)(C)C1C(=O)O. The summed E-state index contributed by atoms with van der Waals surface area (Å²) in [5, 5.41) is 9.55. The molecule has 1 aliphatic heterocycles. The van der Waals surface area contributed by atoms with E-state index >= 15 is 0 Å². The Kier molecular flexibility index (Phi) is 5.19. The first-order chi connectivity index (χ1) is 9.25. The van der Waals surface area contributed by atoms with Crippen molar-refractivity contribution in [3.63, 3.8) is 0 Å². The van der Waals surface area contributed by atoms with Crippen LogP contribution in [0.5, 0.6) is 0 Å². The zero-order valence-electron chi connectivity index (χ0n) is 13.1. The summed E-state index contributed by atoms with van der Waals surface area (Å²) in [6.07, 6.45) is 2.95. The normalized spacial score (nSPS) is 22.6. The van der Waals surface area contributed by atoms with E-state index in [2.05, 4.69) is 0 Å². The van der Waals surface area contributed by atoms with Crippen LogP contribution in [0.2, 0.25) is 0 Å². The highest BCUT2D eigenvalue weighted by Gasteiger charge is 2.48. The summed E-state index contributed by atoms with van der Waals surface area (Å²) in [5.41, 5.74) is 4.81. The molecule has 0 aromatic carbocycles. The predicted molar refractivity (Wildman–Crippen MR) is 78.2 cm³/mol. The zero-order chi connectivity index (χ0) is 15.6. The Morgan fingerprint density at radius 1 is 1.35 bits per heavy atom. The first kappa shape index (κ1) is 17.0. The maximum absolute atomic E-state index is 12.9. The van der Waals surface area contributed by atoms with E-state index in [9.17, 15) is 14.7 Å². The van der Waals surface area contributed by atoms with E-state index in [1.807, 2.05) is 27.7 Å². The van der Waals surface area contributed by atoms with Crippen molar-refractivity contribution in [2.75, 3.05) is 13.1 Å². The highest BCUT2D eigenvalue weighted by Crippen LogP contribution is 2.38. The van der Waals surface area contributed by atoms with Gasteiger partial charge in [0, 0.05) is 13.1 Å². The topological polar surface area (TPSA) is 83.6 Å². The molecule has 0 radical (unpaired) electrons. The minimum absolute atomic E-state index is 0.0924. The molecule has 1 aliphatic rings. The molecule has 0 bridgehead atoms. The van der Waals surface area contributed by atoms with Crippen molar-refractivity contribution >= 4 is 11.9 Å². The van der Waals surface area contributed by atoms with Gasteiger partial charge in [-0.05, 0) is 31.1 Å². The third kappa shape index (κ3) is 2.82. The number of piperidine rings is 1. The van der Waals surface area contributed by atoms with E-state index in [-0.39, 0.29) is 12.5 Å². The lowest BCUT2D eigenvalue weighted by Gasteiger charge is -2.47. The molecule has 0 aliphatic carbocycles. The number of rotatable bonds is 5. The Hall–Kier alpha value is -1.10. The molecule has 0 aromatic rings. The summed E-state index contributed by atoms with van der Waals surface area (Å²) in [4.78, 5) is 26.1. The predicted octanol–water partition coefficient (Wildman–Crippen LogP) is 1.85. The van der Waals surface area contributed by atoms with Gasteiger partial charge in [-0.25, -0.2) is 4.79 Å². The lowest BCUT2D eigenvalue weighted by Crippen LogP contribution is -2.60. The zero-order valence-corrected chi connectivity index (χ0v) is 13.1. The standard InChI is InChI=1S/C15H28N2O3/c1-5-15(6-2,10-16)13(20)17-9-7-8-14(3,4)11(17)12(18)19/h11H,5-10,16H2,1-4H3,(H,18,19). The Morgan fingerprint density at radius 3 is 2.30 bits per heavy atom. The number of carbonyl (C=O) groups is 2. The van der Waals surface area contributed by atoms with Crippen LogP contribution >= 0.6 is 0 Å². The van der Waals surface area contributed by atoms with E-state index in [1.165, 1.54) is 0 Å². The van der Waals surface area contributed by atoms with Gasteiger partial charge in [-0.1, -0.05) is 27.7 Å². The van der Waals surface area contributed by atoms with Crippen LogP contribution in [-0.4, -0.2) is 41.0 Å². The average Bonchev–Trinajstić information content (AvgIpc) is 2.39. The Bertz CT molecular complexity index is 367. The smallest absolute Gasteiger partial charge is 0.326 e. The van der Waals surface area contributed by atoms with Crippen molar-refractivity contribution in [1.29, 1.82) is 0 Å². The minimum Gasteiger partial charge on any atom is -0.480 e. The minimum atomic E-state index is -0.916. The molecule has 1 amide bonds. The lowest BCUT2D eigenvalue weighted by molar-refractivity contribution is -0.164. The second kappa shape index (κ2) is 6.12. The first-order valence-corrected chi connectivity index (χ1v) is 7.49. The van der Waals surface area contributed by atoms with Gasteiger partial charge in [0.05, 0.1) is 5.41 Å². The van der Waals surface area contributed by atoms with Gasteiger partial charge >= 0.3 is 5.97 Å². The highest BCUT2D eigenvalue weighted by molar-refractivity contribution is 5.88. The largest absolute Gasteiger partial charge is 0.480 e. The van der Waals surface area contributed by atoms with Crippen molar-refractivity contribution in [1.82, 2.24) is 4.90 Å². The van der Waals surface area contributed by atoms with Crippen LogP contribution < -0.4 is 5.73 Å². The summed E-state index contributed by atoms with van der Waals surface area (Å²) >= 11 is 0. The quantitative estimate of drug-likeness (QED) is 0.807. The maximum Gasteiger partial charge on any atom is 0.326 e.